The van der Waals surface area contributed by atoms with E-state index in [-0.39, 0.29) is 23.3 Å². The molecule has 1 N–H and O–H groups in total. The SMILES string of the molecule is CCc1cccc(CC)c1-n1c(-c2ccn(C(C)C)n2)nc(O)c(C(=O)N2CC[C@@H](c3ccccc3)C2)c1=O. The summed E-state index contributed by atoms with van der Waals surface area (Å²) in [6, 6.07) is 17.9. The Morgan fingerprint density at radius 1 is 1.03 bits per heavy atom. The van der Waals surface area contributed by atoms with E-state index in [2.05, 4.69) is 22.2 Å². The monoisotopic (exact) mass is 525 g/mol. The zero-order chi connectivity index (χ0) is 27.7. The molecule has 3 heterocycles. The lowest BCUT2D eigenvalue weighted by molar-refractivity contribution is 0.0784. The smallest absolute Gasteiger partial charge is 0.275 e. The van der Waals surface area contributed by atoms with Crippen molar-refractivity contribution in [2.24, 2.45) is 0 Å². The Bertz CT molecular complexity index is 1530. The number of carbonyl (C=O) groups is 1. The first-order chi connectivity index (χ1) is 18.8. The van der Waals surface area contributed by atoms with E-state index in [1.54, 1.807) is 15.6 Å². The molecule has 1 aliphatic heterocycles. The first-order valence-electron chi connectivity index (χ1n) is 13.7. The maximum absolute atomic E-state index is 14.3. The van der Waals surface area contributed by atoms with Gasteiger partial charge in [0.1, 0.15) is 5.69 Å². The number of rotatable bonds is 7. The first kappa shape index (κ1) is 26.4. The van der Waals surface area contributed by atoms with Gasteiger partial charge >= 0.3 is 0 Å². The Morgan fingerprint density at radius 3 is 2.33 bits per heavy atom. The van der Waals surface area contributed by atoms with Crippen molar-refractivity contribution in [3.8, 4) is 23.1 Å². The summed E-state index contributed by atoms with van der Waals surface area (Å²) in [7, 11) is 0. The van der Waals surface area contributed by atoms with Gasteiger partial charge in [-0.05, 0) is 55.9 Å². The quantitative estimate of drug-likeness (QED) is 0.361. The standard InChI is InChI=1S/C31H35N5O3/c1-5-21-13-10-14-22(6-2)27(21)36-28(25-16-18-35(33-25)20(3)4)32-29(37)26(31(36)39)30(38)34-17-15-24(19-34)23-11-8-7-9-12-23/h7-14,16,18,20,24,37H,5-6,15,17,19H2,1-4H3/t24-/m1/s1. The molecule has 0 aliphatic carbocycles. The highest BCUT2D eigenvalue weighted by Crippen LogP contribution is 2.31. The molecule has 0 radical (unpaired) electrons. The molecule has 8 heteroatoms. The van der Waals surface area contributed by atoms with Crippen LogP contribution < -0.4 is 5.56 Å². The van der Waals surface area contributed by atoms with Crippen LogP contribution in [0.2, 0.25) is 0 Å². The van der Waals surface area contributed by atoms with Gasteiger partial charge in [0, 0.05) is 31.2 Å². The summed E-state index contributed by atoms with van der Waals surface area (Å²) in [6.45, 7) is 9.07. The van der Waals surface area contributed by atoms with E-state index in [1.807, 2.05) is 70.3 Å². The maximum Gasteiger partial charge on any atom is 0.275 e. The van der Waals surface area contributed by atoms with E-state index < -0.39 is 17.3 Å². The van der Waals surface area contributed by atoms with Gasteiger partial charge in [0.2, 0.25) is 5.88 Å². The van der Waals surface area contributed by atoms with E-state index in [0.717, 1.165) is 23.1 Å². The zero-order valence-corrected chi connectivity index (χ0v) is 23.0. The number of hydrogen-bond acceptors (Lipinski definition) is 5. The minimum absolute atomic E-state index is 0.107. The molecular weight excluding hydrogens is 490 g/mol. The molecule has 5 rings (SSSR count). The number of para-hydroxylation sites is 1. The van der Waals surface area contributed by atoms with Crippen LogP contribution in [0.15, 0.2) is 65.6 Å². The number of aryl methyl sites for hydroxylation is 2. The van der Waals surface area contributed by atoms with E-state index in [1.165, 1.54) is 4.57 Å². The molecule has 0 spiro atoms. The van der Waals surface area contributed by atoms with Gasteiger partial charge in [-0.2, -0.15) is 10.1 Å². The molecule has 39 heavy (non-hydrogen) atoms. The van der Waals surface area contributed by atoms with E-state index in [0.29, 0.717) is 37.3 Å². The topological polar surface area (TPSA) is 93.2 Å². The van der Waals surface area contributed by atoms with Crippen LogP contribution in [0.3, 0.4) is 0 Å². The van der Waals surface area contributed by atoms with Crippen LogP contribution in [0.4, 0.5) is 0 Å². The highest BCUT2D eigenvalue weighted by atomic mass is 16.3. The maximum atomic E-state index is 14.3. The summed E-state index contributed by atoms with van der Waals surface area (Å²) < 4.78 is 3.27. The molecular formula is C31H35N5O3. The van der Waals surface area contributed by atoms with Crippen LogP contribution in [0.1, 0.15) is 73.1 Å². The predicted molar refractivity (Wildman–Crippen MR) is 152 cm³/mol. The lowest BCUT2D eigenvalue weighted by Crippen LogP contribution is -2.36. The van der Waals surface area contributed by atoms with Crippen molar-refractivity contribution in [2.75, 3.05) is 13.1 Å². The molecule has 1 aliphatic rings. The summed E-state index contributed by atoms with van der Waals surface area (Å²) in [5, 5.41) is 15.7. The second kappa shape index (κ2) is 10.9. The van der Waals surface area contributed by atoms with Crippen LogP contribution in [0, 0.1) is 0 Å². The number of carbonyl (C=O) groups excluding carboxylic acids is 1. The lowest BCUT2D eigenvalue weighted by Gasteiger charge is -2.21. The van der Waals surface area contributed by atoms with Crippen LogP contribution in [-0.4, -0.2) is 48.3 Å². The first-order valence-corrected chi connectivity index (χ1v) is 13.7. The molecule has 1 atom stereocenters. The van der Waals surface area contributed by atoms with E-state index in [9.17, 15) is 14.7 Å². The van der Waals surface area contributed by atoms with Gasteiger partial charge in [-0.3, -0.25) is 18.8 Å². The van der Waals surface area contributed by atoms with Gasteiger partial charge in [0.05, 0.1) is 5.69 Å². The third kappa shape index (κ3) is 4.87. The number of benzene rings is 2. The normalized spacial score (nSPS) is 15.3. The fraction of sp³-hybridized carbons (Fsp3) is 0.355. The summed E-state index contributed by atoms with van der Waals surface area (Å²) in [5.41, 5.74) is 3.34. The van der Waals surface area contributed by atoms with Crippen LogP contribution >= 0.6 is 0 Å². The molecule has 0 bridgehead atoms. The molecule has 8 nitrogen and oxygen atoms in total. The Balaban J connectivity index is 1.67. The fourth-order valence-electron chi connectivity index (χ4n) is 5.42. The zero-order valence-electron chi connectivity index (χ0n) is 23.0. The van der Waals surface area contributed by atoms with Gasteiger partial charge in [0.15, 0.2) is 11.4 Å². The highest BCUT2D eigenvalue weighted by molar-refractivity contribution is 5.96. The number of nitrogens with zero attached hydrogens (tertiary/aromatic N) is 5. The molecule has 2 aromatic carbocycles. The minimum atomic E-state index is -0.583. The Labute approximate surface area is 228 Å². The molecule has 202 valence electrons. The average Bonchev–Trinajstić information content (AvgIpc) is 3.64. The second-order valence-corrected chi connectivity index (χ2v) is 10.3. The van der Waals surface area contributed by atoms with Crippen LogP contribution in [0.25, 0.3) is 17.2 Å². The van der Waals surface area contributed by atoms with Crippen molar-refractivity contribution in [1.82, 2.24) is 24.2 Å². The van der Waals surface area contributed by atoms with Crippen molar-refractivity contribution in [3.05, 3.63) is 93.4 Å². The second-order valence-electron chi connectivity index (χ2n) is 10.3. The molecule has 2 aromatic heterocycles. The Hall–Kier alpha value is -4.20. The van der Waals surface area contributed by atoms with Crippen molar-refractivity contribution in [3.63, 3.8) is 0 Å². The van der Waals surface area contributed by atoms with Crippen molar-refractivity contribution in [1.29, 1.82) is 0 Å². The van der Waals surface area contributed by atoms with Gasteiger partial charge in [0.25, 0.3) is 11.5 Å². The van der Waals surface area contributed by atoms with Crippen LogP contribution in [-0.2, 0) is 12.8 Å². The summed E-state index contributed by atoms with van der Waals surface area (Å²) in [6.07, 6.45) is 3.99. The van der Waals surface area contributed by atoms with Gasteiger partial charge < -0.3 is 10.0 Å². The van der Waals surface area contributed by atoms with E-state index >= 15 is 0 Å². The molecule has 4 aromatic rings. The highest BCUT2D eigenvalue weighted by Gasteiger charge is 2.33. The van der Waals surface area contributed by atoms with E-state index in [4.69, 9.17) is 0 Å². The van der Waals surface area contributed by atoms with Crippen molar-refractivity contribution < 1.29 is 9.90 Å². The van der Waals surface area contributed by atoms with Crippen molar-refractivity contribution in [2.45, 2.75) is 58.9 Å². The predicted octanol–water partition coefficient (Wildman–Crippen LogP) is 5.14. The van der Waals surface area contributed by atoms with Gasteiger partial charge in [-0.25, -0.2) is 0 Å². The molecule has 0 unspecified atom stereocenters. The minimum Gasteiger partial charge on any atom is -0.493 e. The third-order valence-corrected chi connectivity index (χ3v) is 7.58. The number of hydrogen-bond donors (Lipinski definition) is 1. The Kier molecular flexibility index (Phi) is 7.37. The van der Waals surface area contributed by atoms with Crippen molar-refractivity contribution >= 4 is 5.91 Å². The Morgan fingerprint density at radius 2 is 1.72 bits per heavy atom. The molecule has 1 saturated heterocycles. The van der Waals surface area contributed by atoms with Gasteiger partial charge in [-0.1, -0.05) is 62.4 Å². The summed E-state index contributed by atoms with van der Waals surface area (Å²) in [5.74, 6) is -0.666. The molecule has 0 saturated carbocycles. The number of amides is 1. The van der Waals surface area contributed by atoms with Crippen LogP contribution in [0.5, 0.6) is 5.88 Å². The number of aromatic hydroxyl groups is 1. The third-order valence-electron chi connectivity index (χ3n) is 7.58. The summed E-state index contributed by atoms with van der Waals surface area (Å²) in [4.78, 5) is 34.2. The number of aromatic nitrogens is 4. The summed E-state index contributed by atoms with van der Waals surface area (Å²) >= 11 is 0. The molecule has 1 fully saturated rings. The largest absolute Gasteiger partial charge is 0.493 e. The average molecular weight is 526 g/mol. The molecule has 1 amide bonds. The lowest BCUT2D eigenvalue weighted by atomic mass is 9.99. The number of likely N-dealkylation sites (tertiary alicyclic amines) is 1. The fourth-order valence-corrected chi connectivity index (χ4v) is 5.42. The van der Waals surface area contributed by atoms with Gasteiger partial charge in [-0.15, -0.1) is 0 Å².